The van der Waals surface area contributed by atoms with Crippen LogP contribution < -0.4 is 10.2 Å². The molecule has 0 amide bonds. The van der Waals surface area contributed by atoms with E-state index >= 15 is 0 Å². The van der Waals surface area contributed by atoms with Crippen LogP contribution in [0.4, 0.5) is 5.69 Å². The zero-order valence-corrected chi connectivity index (χ0v) is 13.1. The second kappa shape index (κ2) is 7.59. The van der Waals surface area contributed by atoms with Gasteiger partial charge in [-0.2, -0.15) is 0 Å². The Kier molecular flexibility index (Phi) is 6.44. The molecule has 0 spiro atoms. The first-order valence-electron chi connectivity index (χ1n) is 6.46. The third-order valence-corrected chi connectivity index (χ3v) is 3.57. The van der Waals surface area contributed by atoms with Gasteiger partial charge in [0.25, 0.3) is 0 Å². The SMILES string of the molecule is C=CCN(CCC)c1cc(Br)ccc1C(C)NC. The van der Waals surface area contributed by atoms with Crippen molar-refractivity contribution in [3.63, 3.8) is 0 Å². The second-order valence-corrected chi connectivity index (χ2v) is 5.36. The van der Waals surface area contributed by atoms with Crippen LogP contribution in [0.1, 0.15) is 31.9 Å². The van der Waals surface area contributed by atoms with E-state index in [9.17, 15) is 0 Å². The molecule has 0 bridgehead atoms. The van der Waals surface area contributed by atoms with Crippen LogP contribution in [0.3, 0.4) is 0 Å². The molecule has 1 aromatic carbocycles. The maximum Gasteiger partial charge on any atom is 0.0428 e. The minimum atomic E-state index is 0.345. The van der Waals surface area contributed by atoms with Crippen LogP contribution in [0.2, 0.25) is 0 Å². The standard InChI is InChI=1S/C15H23BrN2/c1-5-9-18(10-6-2)15-11-13(16)7-8-14(15)12(3)17-4/h5,7-8,11-12,17H,1,6,9-10H2,2-4H3. The molecular weight excluding hydrogens is 288 g/mol. The average Bonchev–Trinajstić information content (AvgIpc) is 2.37. The van der Waals surface area contributed by atoms with Crippen molar-refractivity contribution >= 4 is 21.6 Å². The quantitative estimate of drug-likeness (QED) is 0.762. The average molecular weight is 311 g/mol. The van der Waals surface area contributed by atoms with Crippen molar-refractivity contribution in [1.29, 1.82) is 0 Å². The second-order valence-electron chi connectivity index (χ2n) is 4.45. The van der Waals surface area contributed by atoms with Gasteiger partial charge in [0.1, 0.15) is 0 Å². The summed E-state index contributed by atoms with van der Waals surface area (Å²) in [6.45, 7) is 10.2. The zero-order valence-electron chi connectivity index (χ0n) is 11.5. The van der Waals surface area contributed by atoms with Gasteiger partial charge < -0.3 is 10.2 Å². The number of anilines is 1. The van der Waals surface area contributed by atoms with Crippen LogP contribution >= 0.6 is 15.9 Å². The van der Waals surface area contributed by atoms with Crippen LogP contribution in [0.5, 0.6) is 0 Å². The van der Waals surface area contributed by atoms with Crippen LogP contribution in [0.25, 0.3) is 0 Å². The van der Waals surface area contributed by atoms with Crippen LogP contribution in [-0.2, 0) is 0 Å². The number of benzene rings is 1. The van der Waals surface area contributed by atoms with Gasteiger partial charge in [0, 0.05) is 29.3 Å². The highest BCUT2D eigenvalue weighted by Gasteiger charge is 2.14. The summed E-state index contributed by atoms with van der Waals surface area (Å²) in [6.07, 6.45) is 3.10. The lowest BCUT2D eigenvalue weighted by Gasteiger charge is -2.28. The van der Waals surface area contributed by atoms with E-state index in [0.29, 0.717) is 6.04 Å². The predicted molar refractivity (Wildman–Crippen MR) is 84.3 cm³/mol. The van der Waals surface area contributed by atoms with Gasteiger partial charge >= 0.3 is 0 Å². The summed E-state index contributed by atoms with van der Waals surface area (Å²) in [5.41, 5.74) is 2.61. The normalized spacial score (nSPS) is 12.2. The van der Waals surface area contributed by atoms with Crippen molar-refractivity contribution in [2.45, 2.75) is 26.3 Å². The third kappa shape index (κ3) is 3.85. The summed E-state index contributed by atoms with van der Waals surface area (Å²) in [4.78, 5) is 2.38. The summed E-state index contributed by atoms with van der Waals surface area (Å²) in [7, 11) is 1.99. The van der Waals surface area contributed by atoms with Crippen molar-refractivity contribution < 1.29 is 0 Å². The number of nitrogens with one attached hydrogen (secondary N) is 1. The van der Waals surface area contributed by atoms with Gasteiger partial charge in [-0.05, 0) is 38.1 Å². The van der Waals surface area contributed by atoms with Gasteiger partial charge in [-0.1, -0.05) is 35.0 Å². The third-order valence-electron chi connectivity index (χ3n) is 3.08. The lowest BCUT2D eigenvalue weighted by molar-refractivity contribution is 0.647. The highest BCUT2D eigenvalue weighted by Crippen LogP contribution is 2.29. The lowest BCUT2D eigenvalue weighted by atomic mass is 10.0. The molecule has 0 radical (unpaired) electrons. The predicted octanol–water partition coefficient (Wildman–Crippen LogP) is 4.13. The lowest BCUT2D eigenvalue weighted by Crippen LogP contribution is -2.27. The van der Waals surface area contributed by atoms with Gasteiger partial charge in [0.2, 0.25) is 0 Å². The largest absolute Gasteiger partial charge is 0.368 e. The van der Waals surface area contributed by atoms with Crippen molar-refractivity contribution in [3.05, 3.63) is 40.9 Å². The molecule has 100 valence electrons. The van der Waals surface area contributed by atoms with Crippen LogP contribution in [0.15, 0.2) is 35.3 Å². The zero-order chi connectivity index (χ0) is 13.5. The molecule has 0 aliphatic heterocycles. The molecule has 3 heteroatoms. The number of nitrogens with zero attached hydrogens (tertiary/aromatic N) is 1. The number of hydrogen-bond donors (Lipinski definition) is 1. The Morgan fingerprint density at radius 3 is 2.78 bits per heavy atom. The fraction of sp³-hybridized carbons (Fsp3) is 0.467. The number of hydrogen-bond acceptors (Lipinski definition) is 2. The molecule has 0 aliphatic rings. The minimum absolute atomic E-state index is 0.345. The van der Waals surface area contributed by atoms with Crippen molar-refractivity contribution in [3.8, 4) is 0 Å². The first kappa shape index (κ1) is 15.3. The molecule has 1 aromatic rings. The summed E-state index contributed by atoms with van der Waals surface area (Å²) < 4.78 is 1.12. The van der Waals surface area contributed by atoms with Crippen molar-refractivity contribution in [1.82, 2.24) is 5.32 Å². The molecule has 18 heavy (non-hydrogen) atoms. The Morgan fingerprint density at radius 1 is 1.50 bits per heavy atom. The number of rotatable bonds is 7. The van der Waals surface area contributed by atoms with Gasteiger partial charge in [-0.3, -0.25) is 0 Å². The molecule has 1 rings (SSSR count). The molecule has 2 nitrogen and oxygen atoms in total. The van der Waals surface area contributed by atoms with E-state index in [-0.39, 0.29) is 0 Å². The molecule has 0 fully saturated rings. The Morgan fingerprint density at radius 2 is 2.22 bits per heavy atom. The first-order chi connectivity index (χ1) is 8.63. The van der Waals surface area contributed by atoms with Gasteiger partial charge in [0.15, 0.2) is 0 Å². The molecular formula is C15H23BrN2. The highest BCUT2D eigenvalue weighted by molar-refractivity contribution is 9.10. The van der Waals surface area contributed by atoms with E-state index in [1.807, 2.05) is 13.1 Å². The Balaban J connectivity index is 3.15. The molecule has 1 unspecified atom stereocenters. The highest BCUT2D eigenvalue weighted by atomic mass is 79.9. The molecule has 1 atom stereocenters. The Labute approximate surface area is 119 Å². The van der Waals surface area contributed by atoms with E-state index in [1.54, 1.807) is 0 Å². The molecule has 1 N–H and O–H groups in total. The topological polar surface area (TPSA) is 15.3 Å². The van der Waals surface area contributed by atoms with Gasteiger partial charge in [0.05, 0.1) is 0 Å². The minimum Gasteiger partial charge on any atom is -0.368 e. The monoisotopic (exact) mass is 310 g/mol. The molecule has 0 saturated heterocycles. The van der Waals surface area contributed by atoms with E-state index in [4.69, 9.17) is 0 Å². The molecule has 0 heterocycles. The van der Waals surface area contributed by atoms with Crippen LogP contribution in [-0.4, -0.2) is 20.1 Å². The van der Waals surface area contributed by atoms with E-state index in [0.717, 1.165) is 24.0 Å². The summed E-state index contributed by atoms with van der Waals surface area (Å²) in [6, 6.07) is 6.83. The summed E-state index contributed by atoms with van der Waals surface area (Å²) >= 11 is 3.56. The molecule has 0 aromatic heterocycles. The fourth-order valence-corrected chi connectivity index (χ4v) is 2.40. The maximum atomic E-state index is 3.86. The Hall–Kier alpha value is -0.800. The van der Waals surface area contributed by atoms with E-state index in [2.05, 4.69) is 64.8 Å². The fourth-order valence-electron chi connectivity index (χ4n) is 2.05. The number of halogens is 1. The van der Waals surface area contributed by atoms with E-state index < -0.39 is 0 Å². The summed E-state index contributed by atoms with van der Waals surface area (Å²) in [5.74, 6) is 0. The van der Waals surface area contributed by atoms with Gasteiger partial charge in [-0.25, -0.2) is 0 Å². The van der Waals surface area contributed by atoms with Crippen molar-refractivity contribution in [2.24, 2.45) is 0 Å². The maximum absolute atomic E-state index is 3.86. The smallest absolute Gasteiger partial charge is 0.0428 e. The summed E-state index contributed by atoms with van der Waals surface area (Å²) in [5, 5.41) is 3.31. The first-order valence-corrected chi connectivity index (χ1v) is 7.25. The van der Waals surface area contributed by atoms with Crippen LogP contribution in [0, 0.1) is 0 Å². The van der Waals surface area contributed by atoms with E-state index in [1.165, 1.54) is 11.3 Å². The van der Waals surface area contributed by atoms with Gasteiger partial charge in [-0.15, -0.1) is 6.58 Å². The van der Waals surface area contributed by atoms with Crippen molar-refractivity contribution in [2.75, 3.05) is 25.0 Å². The Bertz CT molecular complexity index is 390. The molecule has 0 aliphatic carbocycles. The molecule has 0 saturated carbocycles.